The van der Waals surface area contributed by atoms with Gasteiger partial charge < -0.3 is 36.8 Å². The molecule has 0 bridgehead atoms. The lowest BCUT2D eigenvalue weighted by Gasteiger charge is -2.27. The van der Waals surface area contributed by atoms with E-state index in [0.717, 1.165) is 0 Å². The van der Waals surface area contributed by atoms with Crippen LogP contribution in [0.3, 0.4) is 0 Å². The van der Waals surface area contributed by atoms with Crippen LogP contribution in [0, 0.1) is 5.92 Å². The molecule has 12 heteroatoms. The van der Waals surface area contributed by atoms with Crippen LogP contribution in [0.1, 0.15) is 38.7 Å². The summed E-state index contributed by atoms with van der Waals surface area (Å²) in [4.78, 5) is 62.7. The number of aliphatic carboxylic acids is 1. The average molecular weight is 506 g/mol. The fourth-order valence-electron chi connectivity index (χ4n) is 4.02. The SMILES string of the molecule is CC(C)C[C@H](N)C(=O)N1CCC[C@H]1C(=O)NCC(=O)N[C@@H](Cc1ccc(O)cc1)C(=O)NCC(=O)O. The first-order valence-electron chi connectivity index (χ1n) is 11.9. The third-order valence-corrected chi connectivity index (χ3v) is 5.75. The van der Waals surface area contributed by atoms with Crippen LogP contribution >= 0.6 is 0 Å². The zero-order valence-corrected chi connectivity index (χ0v) is 20.5. The smallest absolute Gasteiger partial charge is 0.322 e. The Labute approximate surface area is 209 Å². The summed E-state index contributed by atoms with van der Waals surface area (Å²) in [6, 6.07) is 3.43. The van der Waals surface area contributed by atoms with Gasteiger partial charge in [-0.2, -0.15) is 0 Å². The van der Waals surface area contributed by atoms with Crippen molar-refractivity contribution in [3.63, 3.8) is 0 Å². The number of carboxylic acids is 1. The van der Waals surface area contributed by atoms with Gasteiger partial charge in [-0.3, -0.25) is 24.0 Å². The van der Waals surface area contributed by atoms with E-state index in [-0.39, 0.29) is 24.0 Å². The maximum atomic E-state index is 12.7. The number of hydrogen-bond donors (Lipinski definition) is 6. The van der Waals surface area contributed by atoms with E-state index in [1.165, 1.54) is 17.0 Å². The summed E-state index contributed by atoms with van der Waals surface area (Å²) in [6.07, 6.45) is 1.63. The topological polar surface area (TPSA) is 191 Å². The Balaban J connectivity index is 1.97. The van der Waals surface area contributed by atoms with Crippen molar-refractivity contribution < 1.29 is 34.2 Å². The predicted molar refractivity (Wildman–Crippen MR) is 130 cm³/mol. The number of nitrogens with one attached hydrogen (secondary N) is 3. The fraction of sp³-hybridized carbons (Fsp3) is 0.542. The number of aromatic hydroxyl groups is 1. The minimum atomic E-state index is -1.24. The number of carbonyl (C=O) groups excluding carboxylic acids is 4. The molecule has 0 spiro atoms. The van der Waals surface area contributed by atoms with E-state index in [1.54, 1.807) is 12.1 Å². The van der Waals surface area contributed by atoms with Gasteiger partial charge in [-0.15, -0.1) is 0 Å². The van der Waals surface area contributed by atoms with Crippen molar-refractivity contribution in [2.45, 2.75) is 57.7 Å². The van der Waals surface area contributed by atoms with Crippen molar-refractivity contribution in [2.75, 3.05) is 19.6 Å². The molecule has 4 amide bonds. The van der Waals surface area contributed by atoms with Crippen molar-refractivity contribution in [1.29, 1.82) is 0 Å². The fourth-order valence-corrected chi connectivity index (χ4v) is 4.02. The first-order chi connectivity index (χ1) is 17.0. The third kappa shape index (κ3) is 8.84. The van der Waals surface area contributed by atoms with Crippen LogP contribution < -0.4 is 21.7 Å². The summed E-state index contributed by atoms with van der Waals surface area (Å²) in [6.45, 7) is 3.26. The van der Waals surface area contributed by atoms with E-state index in [4.69, 9.17) is 10.8 Å². The molecule has 3 atom stereocenters. The highest BCUT2D eigenvalue weighted by Gasteiger charge is 2.36. The molecule has 1 heterocycles. The summed E-state index contributed by atoms with van der Waals surface area (Å²) < 4.78 is 0. The molecule has 198 valence electrons. The van der Waals surface area contributed by atoms with Crippen LogP contribution in [-0.4, -0.2) is 82.5 Å². The summed E-state index contributed by atoms with van der Waals surface area (Å²) in [5.41, 5.74) is 6.62. The lowest BCUT2D eigenvalue weighted by Crippen LogP contribution is -2.54. The number of likely N-dealkylation sites (tertiary alicyclic amines) is 1. The number of rotatable bonds is 12. The lowest BCUT2D eigenvalue weighted by molar-refractivity contribution is -0.140. The average Bonchev–Trinajstić information content (AvgIpc) is 3.31. The number of carboxylic acid groups (broad SMARTS) is 1. The molecule has 0 unspecified atom stereocenters. The number of nitrogens with zero attached hydrogens (tertiary/aromatic N) is 1. The molecule has 2 rings (SSSR count). The first-order valence-corrected chi connectivity index (χ1v) is 11.9. The highest BCUT2D eigenvalue weighted by Crippen LogP contribution is 2.19. The van der Waals surface area contributed by atoms with Crippen LogP contribution in [-0.2, 0) is 30.4 Å². The molecule has 1 aliphatic rings. The molecule has 0 radical (unpaired) electrons. The molecule has 0 aliphatic carbocycles. The maximum Gasteiger partial charge on any atom is 0.322 e. The molecule has 1 aromatic rings. The molecule has 1 saturated heterocycles. The number of nitrogens with two attached hydrogens (primary N) is 1. The molecule has 12 nitrogen and oxygen atoms in total. The van der Waals surface area contributed by atoms with E-state index in [2.05, 4.69) is 16.0 Å². The maximum absolute atomic E-state index is 12.7. The Morgan fingerprint density at radius 1 is 1.08 bits per heavy atom. The highest BCUT2D eigenvalue weighted by molar-refractivity contribution is 5.94. The molecule has 1 aliphatic heterocycles. The first kappa shape index (κ1) is 28.6. The van der Waals surface area contributed by atoms with Crippen molar-refractivity contribution >= 4 is 29.6 Å². The van der Waals surface area contributed by atoms with Gasteiger partial charge in [0.15, 0.2) is 0 Å². The van der Waals surface area contributed by atoms with Crippen LogP contribution in [0.5, 0.6) is 5.75 Å². The molecular formula is C24H35N5O7. The quantitative estimate of drug-likeness (QED) is 0.210. The largest absolute Gasteiger partial charge is 0.508 e. The predicted octanol–water partition coefficient (Wildman–Crippen LogP) is -0.899. The van der Waals surface area contributed by atoms with E-state index in [1.807, 2.05) is 13.8 Å². The molecule has 7 N–H and O–H groups in total. The molecule has 1 aromatic carbocycles. The summed E-state index contributed by atoms with van der Waals surface area (Å²) >= 11 is 0. The van der Waals surface area contributed by atoms with Crippen molar-refractivity contribution in [3.8, 4) is 5.75 Å². The van der Waals surface area contributed by atoms with Gasteiger partial charge in [0.25, 0.3) is 0 Å². The van der Waals surface area contributed by atoms with E-state index < -0.39 is 54.9 Å². The van der Waals surface area contributed by atoms with Gasteiger partial charge in [0.1, 0.15) is 24.4 Å². The minimum absolute atomic E-state index is 0.0296. The summed E-state index contributed by atoms with van der Waals surface area (Å²) in [5.74, 6) is -3.14. The zero-order chi connectivity index (χ0) is 26.8. The van der Waals surface area contributed by atoms with Gasteiger partial charge in [0.05, 0.1) is 12.6 Å². The van der Waals surface area contributed by atoms with Crippen LogP contribution in [0.15, 0.2) is 24.3 Å². The highest BCUT2D eigenvalue weighted by atomic mass is 16.4. The van der Waals surface area contributed by atoms with Gasteiger partial charge in [0.2, 0.25) is 23.6 Å². The lowest BCUT2D eigenvalue weighted by atomic mass is 10.0. The van der Waals surface area contributed by atoms with Gasteiger partial charge in [0, 0.05) is 13.0 Å². The Bertz CT molecular complexity index is 951. The van der Waals surface area contributed by atoms with E-state index in [0.29, 0.717) is 31.4 Å². The number of hydrogen-bond acceptors (Lipinski definition) is 7. The standard InChI is InChI=1S/C24H35N5O7/c1-14(2)10-17(25)24(36)29-9-3-4-19(29)23(35)26-12-20(31)28-18(22(34)27-13-21(32)33)11-15-5-7-16(30)8-6-15/h5-8,14,17-19,30H,3-4,9-13,25H2,1-2H3,(H,26,35)(H,27,34)(H,28,31)(H,32,33)/t17-,18-,19-/m0/s1. The van der Waals surface area contributed by atoms with E-state index >= 15 is 0 Å². The molecule has 1 fully saturated rings. The number of phenols is 1. The summed E-state index contributed by atoms with van der Waals surface area (Å²) in [5, 5.41) is 25.5. The monoisotopic (exact) mass is 505 g/mol. The number of phenolic OH excluding ortho intramolecular Hbond substituents is 1. The molecule has 0 aromatic heterocycles. The zero-order valence-electron chi connectivity index (χ0n) is 20.5. The molecule has 0 saturated carbocycles. The minimum Gasteiger partial charge on any atom is -0.508 e. The Morgan fingerprint density at radius 2 is 1.75 bits per heavy atom. The molecular weight excluding hydrogens is 470 g/mol. The van der Waals surface area contributed by atoms with Gasteiger partial charge in [-0.1, -0.05) is 26.0 Å². The Morgan fingerprint density at radius 3 is 2.36 bits per heavy atom. The number of benzene rings is 1. The van der Waals surface area contributed by atoms with Crippen LogP contribution in [0.25, 0.3) is 0 Å². The van der Waals surface area contributed by atoms with Crippen LogP contribution in [0.2, 0.25) is 0 Å². The van der Waals surface area contributed by atoms with Gasteiger partial charge in [-0.25, -0.2) is 0 Å². The Hall–Kier alpha value is -3.67. The van der Waals surface area contributed by atoms with Gasteiger partial charge >= 0.3 is 5.97 Å². The second-order valence-corrected chi connectivity index (χ2v) is 9.25. The van der Waals surface area contributed by atoms with Crippen molar-refractivity contribution in [3.05, 3.63) is 29.8 Å². The summed E-state index contributed by atoms with van der Waals surface area (Å²) in [7, 11) is 0. The van der Waals surface area contributed by atoms with Gasteiger partial charge in [-0.05, 0) is 42.9 Å². The number of amides is 4. The van der Waals surface area contributed by atoms with E-state index in [9.17, 15) is 29.1 Å². The number of carbonyl (C=O) groups is 5. The third-order valence-electron chi connectivity index (χ3n) is 5.75. The normalized spacial score (nSPS) is 16.8. The van der Waals surface area contributed by atoms with Crippen molar-refractivity contribution in [2.24, 2.45) is 11.7 Å². The Kier molecular flexibility index (Phi) is 10.7. The van der Waals surface area contributed by atoms with Crippen molar-refractivity contribution in [1.82, 2.24) is 20.9 Å². The second kappa shape index (κ2) is 13.4. The van der Waals surface area contributed by atoms with Crippen LogP contribution in [0.4, 0.5) is 0 Å². The molecule has 36 heavy (non-hydrogen) atoms. The second-order valence-electron chi connectivity index (χ2n) is 9.25.